The van der Waals surface area contributed by atoms with Gasteiger partial charge in [0, 0.05) is 11.1 Å². The van der Waals surface area contributed by atoms with Crippen LogP contribution in [0.1, 0.15) is 49.8 Å². The number of anilines is 1. The molecule has 0 radical (unpaired) electrons. The quantitative estimate of drug-likeness (QED) is 0.460. The molecule has 41 heavy (non-hydrogen) atoms. The SMILES string of the molecule is COc1ccc(C)cc1NC(=O)[C@@H]1[C@@H]2C=C[C@@]3(CN([C@H](C(=O)N[C@@H]4CCCC[C@@H]4C)c4ccc(Cl)cc4)C(=O)[C@H]13)O2. The van der Waals surface area contributed by atoms with Crippen LogP contribution in [-0.4, -0.2) is 54.0 Å². The third-order valence-corrected chi connectivity index (χ3v) is 9.48. The molecule has 3 fully saturated rings. The predicted molar refractivity (Wildman–Crippen MR) is 156 cm³/mol. The molecule has 3 amide bonds. The Balaban J connectivity index is 1.30. The second-order valence-corrected chi connectivity index (χ2v) is 12.3. The van der Waals surface area contributed by atoms with Gasteiger partial charge in [-0.2, -0.15) is 0 Å². The summed E-state index contributed by atoms with van der Waals surface area (Å²) in [7, 11) is 1.55. The Hall–Kier alpha value is -3.36. The number of ether oxygens (including phenoxy) is 2. The molecule has 0 unspecified atom stereocenters. The number of benzene rings is 2. The largest absolute Gasteiger partial charge is 0.495 e. The van der Waals surface area contributed by atoms with Crippen LogP contribution in [0.3, 0.4) is 0 Å². The Morgan fingerprint density at radius 1 is 1.15 bits per heavy atom. The van der Waals surface area contributed by atoms with E-state index in [0.29, 0.717) is 27.9 Å². The summed E-state index contributed by atoms with van der Waals surface area (Å²) in [5.74, 6) is -1.39. The molecule has 2 bridgehead atoms. The van der Waals surface area contributed by atoms with Crippen molar-refractivity contribution in [3.8, 4) is 5.75 Å². The van der Waals surface area contributed by atoms with E-state index >= 15 is 0 Å². The van der Waals surface area contributed by atoms with Gasteiger partial charge < -0.3 is 25.0 Å². The van der Waals surface area contributed by atoms with E-state index in [4.69, 9.17) is 21.1 Å². The molecule has 1 aliphatic carbocycles. The standard InChI is InChI=1S/C32H36ClN3O5/c1-18-8-13-24(40-3)23(16-18)35-29(37)26-25-14-15-32(41-25)17-36(31(39)27(26)32)28(20-9-11-21(33)12-10-20)30(38)34-22-7-5-4-6-19(22)2/h8-16,19,22,25-28H,4-7,17H2,1-3H3,(H,34,38)(H,35,37)/t19-,22+,25-,26+,27-,28-,32-/m0/s1. The molecule has 216 valence electrons. The zero-order valence-electron chi connectivity index (χ0n) is 23.6. The number of likely N-dealkylation sites (tertiary alicyclic amines) is 1. The minimum Gasteiger partial charge on any atom is -0.495 e. The van der Waals surface area contributed by atoms with Crippen LogP contribution < -0.4 is 15.4 Å². The van der Waals surface area contributed by atoms with Gasteiger partial charge >= 0.3 is 0 Å². The highest BCUT2D eigenvalue weighted by Gasteiger charge is 2.68. The van der Waals surface area contributed by atoms with Gasteiger partial charge in [-0.3, -0.25) is 14.4 Å². The number of rotatable bonds is 7. The smallest absolute Gasteiger partial charge is 0.247 e. The van der Waals surface area contributed by atoms with E-state index < -0.39 is 29.6 Å². The highest BCUT2D eigenvalue weighted by Crippen LogP contribution is 2.53. The number of aryl methyl sites for hydroxylation is 1. The van der Waals surface area contributed by atoms with E-state index in [9.17, 15) is 14.4 Å². The summed E-state index contributed by atoms with van der Waals surface area (Å²) < 4.78 is 11.8. The molecule has 0 aromatic heterocycles. The normalized spacial score (nSPS) is 30.7. The Labute approximate surface area is 245 Å². The van der Waals surface area contributed by atoms with Crippen molar-refractivity contribution in [2.75, 3.05) is 19.0 Å². The first-order chi connectivity index (χ1) is 19.7. The Kier molecular flexibility index (Phi) is 7.32. The molecule has 1 spiro atoms. The van der Waals surface area contributed by atoms with Crippen LogP contribution in [0.25, 0.3) is 0 Å². The number of methoxy groups -OCH3 is 1. The van der Waals surface area contributed by atoms with Crippen LogP contribution in [0.15, 0.2) is 54.6 Å². The molecule has 2 saturated heterocycles. The van der Waals surface area contributed by atoms with Crippen molar-refractivity contribution in [1.29, 1.82) is 0 Å². The van der Waals surface area contributed by atoms with Crippen molar-refractivity contribution in [2.45, 2.75) is 63.3 Å². The van der Waals surface area contributed by atoms with E-state index in [1.165, 1.54) is 0 Å². The number of hydrogen-bond acceptors (Lipinski definition) is 5. The fourth-order valence-electron chi connectivity index (χ4n) is 7.09. The van der Waals surface area contributed by atoms with Crippen LogP contribution in [0, 0.1) is 24.7 Å². The van der Waals surface area contributed by atoms with E-state index in [1.807, 2.05) is 31.2 Å². The number of carbonyl (C=O) groups excluding carboxylic acids is 3. The summed E-state index contributed by atoms with van der Waals surface area (Å²) in [5.41, 5.74) is 1.21. The zero-order valence-corrected chi connectivity index (χ0v) is 24.3. The van der Waals surface area contributed by atoms with E-state index in [-0.39, 0.29) is 30.3 Å². The topological polar surface area (TPSA) is 97.0 Å². The van der Waals surface area contributed by atoms with Gasteiger partial charge in [0.05, 0.1) is 37.3 Å². The van der Waals surface area contributed by atoms with Gasteiger partial charge in [-0.1, -0.05) is 61.7 Å². The Morgan fingerprint density at radius 3 is 2.63 bits per heavy atom. The average molecular weight is 578 g/mol. The summed E-state index contributed by atoms with van der Waals surface area (Å²) in [4.78, 5) is 43.6. The van der Waals surface area contributed by atoms with Gasteiger partial charge in [0.25, 0.3) is 0 Å². The minimum absolute atomic E-state index is 0.0521. The second kappa shape index (κ2) is 10.8. The van der Waals surface area contributed by atoms with Crippen molar-refractivity contribution >= 4 is 35.0 Å². The molecule has 2 aromatic rings. The van der Waals surface area contributed by atoms with Crippen molar-refractivity contribution in [2.24, 2.45) is 17.8 Å². The Morgan fingerprint density at radius 2 is 1.90 bits per heavy atom. The molecule has 2 aromatic carbocycles. The minimum atomic E-state index is -0.969. The lowest BCUT2D eigenvalue weighted by molar-refractivity contribution is -0.142. The molecule has 1 saturated carbocycles. The fraction of sp³-hybridized carbons (Fsp3) is 0.469. The summed E-state index contributed by atoms with van der Waals surface area (Å²) in [6, 6.07) is 11.8. The number of amides is 3. The number of fused-ring (bicyclic) bond motifs is 1. The van der Waals surface area contributed by atoms with Gasteiger partial charge in [-0.25, -0.2) is 0 Å². The molecule has 3 aliphatic heterocycles. The Bertz CT molecular complexity index is 1390. The van der Waals surface area contributed by atoms with Crippen LogP contribution in [0.4, 0.5) is 5.69 Å². The fourth-order valence-corrected chi connectivity index (χ4v) is 7.22. The first kappa shape index (κ1) is 27.8. The second-order valence-electron chi connectivity index (χ2n) is 11.9. The molecule has 8 nitrogen and oxygen atoms in total. The number of halogens is 1. The maximum atomic E-state index is 14.3. The monoisotopic (exact) mass is 577 g/mol. The van der Waals surface area contributed by atoms with Gasteiger partial charge in [-0.15, -0.1) is 0 Å². The number of nitrogens with one attached hydrogen (secondary N) is 2. The summed E-state index contributed by atoms with van der Waals surface area (Å²) >= 11 is 6.18. The van der Waals surface area contributed by atoms with Crippen LogP contribution >= 0.6 is 11.6 Å². The lowest BCUT2D eigenvalue weighted by Crippen LogP contribution is -2.49. The van der Waals surface area contributed by atoms with Gasteiger partial charge in [0.1, 0.15) is 17.4 Å². The lowest BCUT2D eigenvalue weighted by atomic mass is 9.76. The third kappa shape index (κ3) is 4.91. The van der Waals surface area contributed by atoms with Gasteiger partial charge in [0.2, 0.25) is 17.7 Å². The van der Waals surface area contributed by atoms with Crippen molar-refractivity contribution in [1.82, 2.24) is 10.2 Å². The van der Waals surface area contributed by atoms with Crippen LogP contribution in [0.5, 0.6) is 5.75 Å². The number of hydrogen-bond donors (Lipinski definition) is 2. The van der Waals surface area contributed by atoms with E-state index in [2.05, 4.69) is 17.6 Å². The third-order valence-electron chi connectivity index (χ3n) is 9.23. The number of carbonyl (C=O) groups is 3. The summed E-state index contributed by atoms with van der Waals surface area (Å²) in [5, 5.41) is 6.78. The zero-order chi connectivity index (χ0) is 28.9. The van der Waals surface area contributed by atoms with Crippen LogP contribution in [0.2, 0.25) is 5.02 Å². The van der Waals surface area contributed by atoms with Gasteiger partial charge in [0.15, 0.2) is 0 Å². The van der Waals surface area contributed by atoms with Gasteiger partial charge in [-0.05, 0) is 61.1 Å². The number of nitrogens with zero attached hydrogens (tertiary/aromatic N) is 1. The average Bonchev–Trinajstić information content (AvgIpc) is 3.59. The predicted octanol–water partition coefficient (Wildman–Crippen LogP) is 4.81. The summed E-state index contributed by atoms with van der Waals surface area (Å²) in [6.07, 6.45) is 7.45. The molecule has 3 heterocycles. The molecule has 2 N–H and O–H groups in total. The highest BCUT2D eigenvalue weighted by molar-refractivity contribution is 6.30. The molecule has 7 atom stereocenters. The first-order valence-corrected chi connectivity index (χ1v) is 14.8. The maximum Gasteiger partial charge on any atom is 0.247 e. The van der Waals surface area contributed by atoms with E-state index in [1.54, 1.807) is 42.3 Å². The first-order valence-electron chi connectivity index (χ1n) is 14.4. The molecule has 4 aliphatic rings. The van der Waals surface area contributed by atoms with Crippen molar-refractivity contribution in [3.05, 3.63) is 70.8 Å². The lowest BCUT2D eigenvalue weighted by Gasteiger charge is -2.34. The molecular weight excluding hydrogens is 542 g/mol. The molecular formula is C32H36ClN3O5. The maximum absolute atomic E-state index is 14.3. The van der Waals surface area contributed by atoms with E-state index in [0.717, 1.165) is 31.2 Å². The van der Waals surface area contributed by atoms with Crippen molar-refractivity contribution in [3.63, 3.8) is 0 Å². The highest BCUT2D eigenvalue weighted by atomic mass is 35.5. The molecule has 6 rings (SSSR count). The van der Waals surface area contributed by atoms with Crippen molar-refractivity contribution < 1.29 is 23.9 Å². The van der Waals surface area contributed by atoms with Crippen LogP contribution in [-0.2, 0) is 19.1 Å². The molecule has 9 heteroatoms. The summed E-state index contributed by atoms with van der Waals surface area (Å²) in [6.45, 7) is 4.28.